The van der Waals surface area contributed by atoms with E-state index in [2.05, 4.69) is 25.1 Å². The second-order valence-electron chi connectivity index (χ2n) is 4.43. The Balaban J connectivity index is 2.20. The van der Waals surface area contributed by atoms with E-state index in [-0.39, 0.29) is 6.04 Å². The van der Waals surface area contributed by atoms with E-state index < -0.39 is 0 Å². The summed E-state index contributed by atoms with van der Waals surface area (Å²) in [6, 6.07) is 16.2. The number of nitrogen functional groups attached to an aromatic ring is 1. The second kappa shape index (κ2) is 5.02. The molecule has 0 aliphatic heterocycles. The van der Waals surface area contributed by atoms with Crippen molar-refractivity contribution < 1.29 is 0 Å². The summed E-state index contributed by atoms with van der Waals surface area (Å²) in [5.74, 6) is 0. The van der Waals surface area contributed by atoms with E-state index >= 15 is 0 Å². The molecule has 0 saturated carbocycles. The molecule has 0 aromatic heterocycles. The van der Waals surface area contributed by atoms with Crippen molar-refractivity contribution in [1.29, 1.82) is 0 Å². The van der Waals surface area contributed by atoms with E-state index in [0.29, 0.717) is 0 Å². The molecule has 88 valence electrons. The van der Waals surface area contributed by atoms with Crippen molar-refractivity contribution in [1.82, 2.24) is 0 Å². The highest BCUT2D eigenvalue weighted by Gasteiger charge is 2.10. The standard InChI is InChI=1S/C15H18N2/c1-11-7-8-14(16)13(9-11)15(17)10-12-5-3-2-4-6-12/h2-9,15H,10,16-17H2,1H3. The number of anilines is 1. The number of rotatable bonds is 3. The molecular weight excluding hydrogens is 208 g/mol. The number of benzene rings is 2. The molecule has 0 fully saturated rings. The summed E-state index contributed by atoms with van der Waals surface area (Å²) < 4.78 is 0. The molecule has 2 rings (SSSR count). The predicted octanol–water partition coefficient (Wildman–Crippen LogP) is 2.82. The quantitative estimate of drug-likeness (QED) is 0.791. The number of aryl methyl sites for hydroxylation is 1. The summed E-state index contributed by atoms with van der Waals surface area (Å²) in [5.41, 5.74) is 16.4. The highest BCUT2D eigenvalue weighted by atomic mass is 14.7. The van der Waals surface area contributed by atoms with Gasteiger partial charge in [-0.05, 0) is 30.5 Å². The molecule has 2 aromatic carbocycles. The zero-order valence-electron chi connectivity index (χ0n) is 10.1. The molecule has 4 N–H and O–H groups in total. The normalized spacial score (nSPS) is 12.4. The zero-order valence-corrected chi connectivity index (χ0v) is 10.1. The van der Waals surface area contributed by atoms with E-state index in [1.165, 1.54) is 11.1 Å². The molecule has 0 bridgehead atoms. The van der Waals surface area contributed by atoms with Gasteiger partial charge in [-0.15, -0.1) is 0 Å². The van der Waals surface area contributed by atoms with Crippen molar-refractivity contribution in [3.05, 3.63) is 65.2 Å². The highest BCUT2D eigenvalue weighted by Crippen LogP contribution is 2.23. The van der Waals surface area contributed by atoms with Crippen LogP contribution in [0.2, 0.25) is 0 Å². The van der Waals surface area contributed by atoms with Crippen molar-refractivity contribution in [3.63, 3.8) is 0 Å². The van der Waals surface area contributed by atoms with Gasteiger partial charge in [0.1, 0.15) is 0 Å². The first-order chi connectivity index (χ1) is 8.16. The fourth-order valence-electron chi connectivity index (χ4n) is 1.99. The Kier molecular flexibility index (Phi) is 3.45. The molecule has 0 spiro atoms. The maximum absolute atomic E-state index is 6.22. The lowest BCUT2D eigenvalue weighted by Crippen LogP contribution is -2.15. The average Bonchev–Trinajstić information content (AvgIpc) is 2.33. The van der Waals surface area contributed by atoms with Gasteiger partial charge in [0.25, 0.3) is 0 Å². The van der Waals surface area contributed by atoms with Crippen LogP contribution in [0.5, 0.6) is 0 Å². The first-order valence-electron chi connectivity index (χ1n) is 5.82. The molecule has 1 unspecified atom stereocenters. The van der Waals surface area contributed by atoms with Gasteiger partial charge in [0.15, 0.2) is 0 Å². The van der Waals surface area contributed by atoms with Crippen molar-refractivity contribution in [2.24, 2.45) is 5.73 Å². The molecule has 2 heteroatoms. The largest absolute Gasteiger partial charge is 0.398 e. The summed E-state index contributed by atoms with van der Waals surface area (Å²) in [6.07, 6.45) is 0.814. The lowest BCUT2D eigenvalue weighted by Gasteiger charge is -2.15. The smallest absolute Gasteiger partial charge is 0.0362 e. The van der Waals surface area contributed by atoms with Crippen LogP contribution in [0.4, 0.5) is 5.69 Å². The third-order valence-corrected chi connectivity index (χ3v) is 2.94. The van der Waals surface area contributed by atoms with Crippen LogP contribution in [-0.4, -0.2) is 0 Å². The topological polar surface area (TPSA) is 52.0 Å². The van der Waals surface area contributed by atoms with Crippen molar-refractivity contribution in [2.45, 2.75) is 19.4 Å². The minimum Gasteiger partial charge on any atom is -0.398 e. The number of nitrogens with two attached hydrogens (primary N) is 2. The third-order valence-electron chi connectivity index (χ3n) is 2.94. The summed E-state index contributed by atoms with van der Waals surface area (Å²) in [6.45, 7) is 2.05. The molecule has 0 radical (unpaired) electrons. The summed E-state index contributed by atoms with van der Waals surface area (Å²) in [5, 5.41) is 0. The molecule has 0 aliphatic rings. The van der Waals surface area contributed by atoms with Crippen LogP contribution in [0.3, 0.4) is 0 Å². The zero-order chi connectivity index (χ0) is 12.3. The fourth-order valence-corrected chi connectivity index (χ4v) is 1.99. The molecular formula is C15H18N2. The molecule has 17 heavy (non-hydrogen) atoms. The van der Waals surface area contributed by atoms with Gasteiger partial charge in [0, 0.05) is 11.7 Å². The van der Waals surface area contributed by atoms with Crippen LogP contribution >= 0.6 is 0 Å². The summed E-state index contributed by atoms with van der Waals surface area (Å²) in [4.78, 5) is 0. The van der Waals surface area contributed by atoms with Gasteiger partial charge in [-0.1, -0.05) is 48.0 Å². The van der Waals surface area contributed by atoms with E-state index in [1.54, 1.807) is 0 Å². The van der Waals surface area contributed by atoms with Crippen LogP contribution in [-0.2, 0) is 6.42 Å². The summed E-state index contributed by atoms with van der Waals surface area (Å²) in [7, 11) is 0. The van der Waals surface area contributed by atoms with Gasteiger partial charge >= 0.3 is 0 Å². The SMILES string of the molecule is Cc1ccc(N)c(C(N)Cc2ccccc2)c1. The maximum Gasteiger partial charge on any atom is 0.0362 e. The summed E-state index contributed by atoms with van der Waals surface area (Å²) >= 11 is 0. The van der Waals surface area contributed by atoms with Gasteiger partial charge in [-0.2, -0.15) is 0 Å². The molecule has 0 heterocycles. The lowest BCUT2D eigenvalue weighted by molar-refractivity contribution is 0.723. The van der Waals surface area contributed by atoms with Crippen LogP contribution in [0.15, 0.2) is 48.5 Å². The van der Waals surface area contributed by atoms with Gasteiger partial charge in [0.2, 0.25) is 0 Å². The van der Waals surface area contributed by atoms with E-state index in [9.17, 15) is 0 Å². The molecule has 0 saturated heterocycles. The minimum atomic E-state index is -0.0442. The predicted molar refractivity (Wildman–Crippen MR) is 72.7 cm³/mol. The Hall–Kier alpha value is -1.80. The van der Waals surface area contributed by atoms with Crippen LogP contribution in [0, 0.1) is 6.92 Å². The van der Waals surface area contributed by atoms with E-state index in [4.69, 9.17) is 11.5 Å². The second-order valence-corrected chi connectivity index (χ2v) is 4.43. The molecule has 2 aromatic rings. The highest BCUT2D eigenvalue weighted by molar-refractivity contribution is 5.50. The van der Waals surface area contributed by atoms with Crippen LogP contribution < -0.4 is 11.5 Å². The first-order valence-corrected chi connectivity index (χ1v) is 5.82. The Bertz CT molecular complexity index is 492. The monoisotopic (exact) mass is 226 g/mol. The van der Waals surface area contributed by atoms with Crippen LogP contribution in [0.25, 0.3) is 0 Å². The van der Waals surface area contributed by atoms with E-state index in [0.717, 1.165) is 17.7 Å². The van der Waals surface area contributed by atoms with Crippen molar-refractivity contribution >= 4 is 5.69 Å². The van der Waals surface area contributed by atoms with Crippen molar-refractivity contribution in [3.8, 4) is 0 Å². The third kappa shape index (κ3) is 2.86. The Morgan fingerprint density at radius 1 is 1.06 bits per heavy atom. The Morgan fingerprint density at radius 3 is 2.47 bits per heavy atom. The Labute approximate surface area is 102 Å². The number of hydrogen-bond acceptors (Lipinski definition) is 2. The van der Waals surface area contributed by atoms with E-state index in [1.807, 2.05) is 30.3 Å². The molecule has 1 atom stereocenters. The number of hydrogen-bond donors (Lipinski definition) is 2. The minimum absolute atomic E-state index is 0.0442. The van der Waals surface area contributed by atoms with Gasteiger partial charge in [0.05, 0.1) is 0 Å². The first kappa shape index (κ1) is 11.7. The molecule has 0 aliphatic carbocycles. The Morgan fingerprint density at radius 2 is 1.76 bits per heavy atom. The fraction of sp³-hybridized carbons (Fsp3) is 0.200. The molecule has 2 nitrogen and oxygen atoms in total. The maximum atomic E-state index is 6.22. The van der Waals surface area contributed by atoms with Crippen LogP contribution in [0.1, 0.15) is 22.7 Å². The lowest BCUT2D eigenvalue weighted by atomic mass is 9.97. The molecule has 0 amide bonds. The van der Waals surface area contributed by atoms with Gasteiger partial charge < -0.3 is 11.5 Å². The van der Waals surface area contributed by atoms with Gasteiger partial charge in [-0.3, -0.25) is 0 Å². The van der Waals surface area contributed by atoms with Crippen molar-refractivity contribution in [2.75, 3.05) is 5.73 Å². The average molecular weight is 226 g/mol. The van der Waals surface area contributed by atoms with Gasteiger partial charge in [-0.25, -0.2) is 0 Å².